The van der Waals surface area contributed by atoms with Gasteiger partial charge in [-0.15, -0.1) is 0 Å². The number of nitrogens with zero attached hydrogens (tertiary/aromatic N) is 3. The zero-order valence-electron chi connectivity index (χ0n) is 16.3. The lowest BCUT2D eigenvalue weighted by atomic mass is 10.0. The number of hydrogen-bond donors (Lipinski definition) is 2. The second-order valence-corrected chi connectivity index (χ2v) is 7.53. The number of benzene rings is 1. The van der Waals surface area contributed by atoms with Crippen LogP contribution in [0.5, 0.6) is 0 Å². The number of amides is 1. The largest absolute Gasteiger partial charge is 0.376 e. The molecule has 0 aliphatic carbocycles. The van der Waals surface area contributed by atoms with Gasteiger partial charge >= 0.3 is 0 Å². The van der Waals surface area contributed by atoms with Crippen molar-refractivity contribution in [2.75, 3.05) is 31.6 Å². The molecule has 1 unspecified atom stereocenters. The van der Waals surface area contributed by atoms with Crippen LogP contribution in [-0.2, 0) is 17.7 Å². The van der Waals surface area contributed by atoms with Crippen LogP contribution in [0, 0.1) is 0 Å². The molecule has 28 heavy (non-hydrogen) atoms. The molecule has 1 aromatic carbocycles. The van der Waals surface area contributed by atoms with E-state index < -0.39 is 5.91 Å². The van der Waals surface area contributed by atoms with E-state index in [0.717, 1.165) is 62.6 Å². The van der Waals surface area contributed by atoms with Gasteiger partial charge in [0.25, 0.3) is 0 Å². The summed E-state index contributed by atoms with van der Waals surface area (Å²) >= 11 is 0. The third-order valence-corrected chi connectivity index (χ3v) is 5.46. The normalized spacial score (nSPS) is 19.1. The van der Waals surface area contributed by atoms with Crippen molar-refractivity contribution in [2.24, 2.45) is 5.73 Å². The molecule has 7 nitrogen and oxygen atoms in total. The van der Waals surface area contributed by atoms with Gasteiger partial charge in [-0.1, -0.05) is 12.1 Å². The third kappa shape index (κ3) is 4.00. The summed E-state index contributed by atoms with van der Waals surface area (Å²) in [6.07, 6.45) is 4.65. The molecule has 1 atom stereocenters. The number of nitrogens with two attached hydrogens (primary N) is 1. The Morgan fingerprint density at radius 3 is 2.82 bits per heavy atom. The number of hydrogen-bond acceptors (Lipinski definition) is 6. The highest BCUT2D eigenvalue weighted by molar-refractivity contribution is 5.93. The van der Waals surface area contributed by atoms with Crippen LogP contribution in [0.1, 0.15) is 40.9 Å². The van der Waals surface area contributed by atoms with E-state index in [0.29, 0.717) is 11.4 Å². The Morgan fingerprint density at radius 2 is 2.11 bits per heavy atom. The van der Waals surface area contributed by atoms with E-state index in [1.807, 2.05) is 12.1 Å². The molecule has 0 bridgehead atoms. The summed E-state index contributed by atoms with van der Waals surface area (Å²) in [6, 6.07) is 7.15. The molecule has 2 aliphatic rings. The zero-order chi connectivity index (χ0) is 19.5. The van der Waals surface area contributed by atoms with E-state index in [1.54, 1.807) is 12.1 Å². The number of carbonyl (C=O) groups is 1. The monoisotopic (exact) mass is 381 g/mol. The first kappa shape index (κ1) is 18.8. The van der Waals surface area contributed by atoms with Crippen LogP contribution in [-0.4, -0.2) is 48.7 Å². The number of aromatic nitrogens is 2. The summed E-state index contributed by atoms with van der Waals surface area (Å²) in [7, 11) is 2.09. The first-order valence-electron chi connectivity index (χ1n) is 9.95. The number of rotatable bonds is 5. The van der Waals surface area contributed by atoms with Crippen LogP contribution in [0.15, 0.2) is 24.3 Å². The van der Waals surface area contributed by atoms with Gasteiger partial charge in [-0.05, 0) is 44.4 Å². The molecule has 148 valence electrons. The fourth-order valence-electron chi connectivity index (χ4n) is 3.91. The van der Waals surface area contributed by atoms with Crippen LogP contribution in [0.2, 0.25) is 0 Å². The molecule has 0 radical (unpaired) electrons. The molecular formula is C21H27N5O2. The second kappa shape index (κ2) is 8.24. The van der Waals surface area contributed by atoms with Gasteiger partial charge < -0.3 is 20.7 Å². The Morgan fingerprint density at radius 1 is 1.29 bits per heavy atom. The van der Waals surface area contributed by atoms with Crippen molar-refractivity contribution in [2.45, 2.75) is 38.3 Å². The van der Waals surface area contributed by atoms with Crippen LogP contribution in [0.4, 0.5) is 5.82 Å². The first-order valence-corrected chi connectivity index (χ1v) is 9.95. The standard InChI is InChI=1S/C21H27N5O2/c1-26(13-16-4-2-3-11-28-16)21-17-9-10-23-12-18(17)24-20(25-21)15-7-5-14(6-8-15)19(22)27/h5-8,16,23H,2-4,9-13H2,1H3,(H2,22,27). The summed E-state index contributed by atoms with van der Waals surface area (Å²) in [5, 5.41) is 3.40. The van der Waals surface area contributed by atoms with Crippen LogP contribution < -0.4 is 16.0 Å². The smallest absolute Gasteiger partial charge is 0.248 e. The summed E-state index contributed by atoms with van der Waals surface area (Å²) in [5.41, 5.74) is 8.97. The molecule has 7 heteroatoms. The number of carbonyl (C=O) groups excluding carboxylic acids is 1. The highest BCUT2D eigenvalue weighted by Gasteiger charge is 2.23. The van der Waals surface area contributed by atoms with E-state index in [9.17, 15) is 4.79 Å². The van der Waals surface area contributed by atoms with E-state index in [-0.39, 0.29) is 6.10 Å². The Bertz CT molecular complexity index is 847. The molecular weight excluding hydrogens is 354 g/mol. The SMILES string of the molecule is CN(CC1CCCCO1)c1nc(-c2ccc(C(N)=O)cc2)nc2c1CCNC2. The Balaban J connectivity index is 1.66. The quantitative estimate of drug-likeness (QED) is 0.822. The highest BCUT2D eigenvalue weighted by Crippen LogP contribution is 2.28. The van der Waals surface area contributed by atoms with Crippen molar-refractivity contribution in [3.8, 4) is 11.4 Å². The van der Waals surface area contributed by atoms with Gasteiger partial charge in [0.1, 0.15) is 5.82 Å². The van der Waals surface area contributed by atoms with Crippen molar-refractivity contribution in [1.82, 2.24) is 15.3 Å². The maximum Gasteiger partial charge on any atom is 0.248 e. The molecule has 2 aromatic rings. The number of anilines is 1. The van der Waals surface area contributed by atoms with Crippen LogP contribution in [0.25, 0.3) is 11.4 Å². The molecule has 1 saturated heterocycles. The number of nitrogens with one attached hydrogen (secondary N) is 1. The second-order valence-electron chi connectivity index (χ2n) is 7.53. The molecule has 1 amide bonds. The van der Waals surface area contributed by atoms with Gasteiger partial charge in [0.15, 0.2) is 5.82 Å². The first-order chi connectivity index (χ1) is 13.6. The molecule has 0 saturated carbocycles. The molecule has 3 N–H and O–H groups in total. The number of primary amides is 1. The Kier molecular flexibility index (Phi) is 5.54. The van der Waals surface area contributed by atoms with E-state index in [4.69, 9.17) is 20.4 Å². The average molecular weight is 381 g/mol. The fraction of sp³-hybridized carbons (Fsp3) is 0.476. The summed E-state index contributed by atoms with van der Waals surface area (Å²) < 4.78 is 5.92. The van der Waals surface area contributed by atoms with Gasteiger partial charge in [0.05, 0.1) is 11.8 Å². The maximum absolute atomic E-state index is 11.3. The summed E-state index contributed by atoms with van der Waals surface area (Å²) in [5.74, 6) is 1.22. The van der Waals surface area contributed by atoms with E-state index in [1.165, 1.54) is 12.0 Å². The minimum atomic E-state index is -0.435. The molecule has 1 fully saturated rings. The highest BCUT2D eigenvalue weighted by atomic mass is 16.5. The predicted octanol–water partition coefficient (Wildman–Crippen LogP) is 1.89. The van der Waals surface area contributed by atoms with Gasteiger partial charge in [-0.2, -0.15) is 0 Å². The molecule has 2 aliphatic heterocycles. The van der Waals surface area contributed by atoms with Gasteiger partial charge in [0, 0.05) is 43.4 Å². The van der Waals surface area contributed by atoms with E-state index in [2.05, 4.69) is 17.3 Å². The lowest BCUT2D eigenvalue weighted by molar-refractivity contribution is 0.0215. The molecule has 0 spiro atoms. The lowest BCUT2D eigenvalue weighted by Gasteiger charge is -2.30. The Labute approximate surface area is 165 Å². The van der Waals surface area contributed by atoms with Crippen molar-refractivity contribution < 1.29 is 9.53 Å². The minimum Gasteiger partial charge on any atom is -0.376 e. The van der Waals surface area contributed by atoms with Crippen molar-refractivity contribution in [3.05, 3.63) is 41.1 Å². The van der Waals surface area contributed by atoms with Gasteiger partial charge in [-0.3, -0.25) is 4.79 Å². The summed E-state index contributed by atoms with van der Waals surface area (Å²) in [6.45, 7) is 3.35. The number of fused-ring (bicyclic) bond motifs is 1. The summed E-state index contributed by atoms with van der Waals surface area (Å²) in [4.78, 5) is 23.3. The number of ether oxygens (including phenoxy) is 1. The lowest BCUT2D eigenvalue weighted by Crippen LogP contribution is -2.36. The number of likely N-dealkylation sites (N-methyl/N-ethyl adjacent to an activating group) is 1. The average Bonchev–Trinajstić information content (AvgIpc) is 2.73. The Hall–Kier alpha value is -2.51. The van der Waals surface area contributed by atoms with E-state index >= 15 is 0 Å². The zero-order valence-corrected chi connectivity index (χ0v) is 16.3. The minimum absolute atomic E-state index is 0.254. The van der Waals surface area contributed by atoms with Crippen molar-refractivity contribution in [3.63, 3.8) is 0 Å². The maximum atomic E-state index is 11.3. The van der Waals surface area contributed by atoms with Crippen LogP contribution in [0.3, 0.4) is 0 Å². The fourth-order valence-corrected chi connectivity index (χ4v) is 3.91. The third-order valence-electron chi connectivity index (χ3n) is 5.46. The van der Waals surface area contributed by atoms with Crippen molar-refractivity contribution in [1.29, 1.82) is 0 Å². The molecule has 1 aromatic heterocycles. The molecule has 3 heterocycles. The molecule has 4 rings (SSSR count). The van der Waals surface area contributed by atoms with Gasteiger partial charge in [0.2, 0.25) is 5.91 Å². The predicted molar refractivity (Wildman–Crippen MR) is 108 cm³/mol. The van der Waals surface area contributed by atoms with Gasteiger partial charge in [-0.25, -0.2) is 9.97 Å². The topological polar surface area (TPSA) is 93.4 Å². The van der Waals surface area contributed by atoms with Crippen molar-refractivity contribution >= 4 is 11.7 Å². The van der Waals surface area contributed by atoms with Crippen LogP contribution >= 0.6 is 0 Å².